The smallest absolute Gasteiger partial charge is 0.329 e. The highest BCUT2D eigenvalue weighted by atomic mass is 79.9. The van der Waals surface area contributed by atoms with E-state index in [2.05, 4.69) is 31.8 Å². The average molecular weight is 543 g/mol. The Balaban J connectivity index is 1.61. The first-order chi connectivity index (χ1) is 16.8. The maximum atomic E-state index is 13.8. The molecule has 0 aliphatic rings. The predicted octanol–water partition coefficient (Wildman–Crippen LogP) is 3.36. The number of nitrogens with zero attached hydrogens (tertiary/aromatic N) is 1. The first-order valence-electron chi connectivity index (χ1n) is 10.1. The molecule has 3 aromatic carbocycles. The van der Waals surface area contributed by atoms with Crippen LogP contribution in [-0.4, -0.2) is 31.0 Å². The number of halogens is 2. The second kappa shape index (κ2) is 11.7. The van der Waals surface area contributed by atoms with Crippen molar-refractivity contribution in [2.45, 2.75) is 6.61 Å². The lowest BCUT2D eigenvalue weighted by Gasteiger charge is -2.14. The minimum absolute atomic E-state index is 0.00844. The Morgan fingerprint density at radius 1 is 1.09 bits per heavy atom. The molecule has 0 aromatic heterocycles. The van der Waals surface area contributed by atoms with Crippen LogP contribution >= 0.6 is 15.9 Å². The van der Waals surface area contributed by atoms with E-state index in [9.17, 15) is 18.8 Å². The van der Waals surface area contributed by atoms with Crippen LogP contribution in [0.3, 0.4) is 0 Å². The number of methoxy groups -OCH3 is 1. The van der Waals surface area contributed by atoms with Gasteiger partial charge in [0.05, 0.1) is 17.8 Å². The maximum Gasteiger partial charge on any atom is 0.329 e. The lowest BCUT2D eigenvalue weighted by Crippen LogP contribution is -2.32. The van der Waals surface area contributed by atoms with Gasteiger partial charge in [-0.15, -0.1) is 0 Å². The third kappa shape index (κ3) is 6.87. The lowest BCUT2D eigenvalue weighted by molar-refractivity contribution is -0.136. The van der Waals surface area contributed by atoms with Crippen LogP contribution in [0.1, 0.15) is 21.5 Å². The van der Waals surface area contributed by atoms with Crippen LogP contribution in [0.4, 0.5) is 10.1 Å². The fourth-order valence-corrected chi connectivity index (χ4v) is 3.42. The van der Waals surface area contributed by atoms with Gasteiger partial charge >= 0.3 is 11.8 Å². The molecule has 11 heteroatoms. The van der Waals surface area contributed by atoms with Crippen molar-refractivity contribution in [3.05, 3.63) is 87.6 Å². The molecule has 0 aliphatic heterocycles. The second-order valence-corrected chi connectivity index (χ2v) is 7.86. The zero-order valence-electron chi connectivity index (χ0n) is 18.4. The van der Waals surface area contributed by atoms with Crippen LogP contribution in [0, 0.1) is 5.82 Å². The maximum absolute atomic E-state index is 13.8. The molecule has 0 unspecified atom stereocenters. The van der Waals surface area contributed by atoms with Gasteiger partial charge in [0, 0.05) is 16.8 Å². The summed E-state index contributed by atoms with van der Waals surface area (Å²) in [5.74, 6) is -2.24. The Hall–Kier alpha value is -4.25. The van der Waals surface area contributed by atoms with Gasteiger partial charge in [0.25, 0.3) is 0 Å². The molecule has 4 N–H and O–H groups in total. The summed E-state index contributed by atoms with van der Waals surface area (Å²) in [5.41, 5.74) is 8.76. The Morgan fingerprint density at radius 3 is 2.46 bits per heavy atom. The summed E-state index contributed by atoms with van der Waals surface area (Å²) in [7, 11) is 1.45. The Morgan fingerprint density at radius 2 is 1.80 bits per heavy atom. The van der Waals surface area contributed by atoms with E-state index in [1.54, 1.807) is 30.3 Å². The van der Waals surface area contributed by atoms with Gasteiger partial charge in [0.1, 0.15) is 12.4 Å². The molecule has 180 valence electrons. The zero-order chi connectivity index (χ0) is 25.4. The summed E-state index contributed by atoms with van der Waals surface area (Å²) in [6, 6.07) is 15.2. The molecule has 0 saturated heterocycles. The van der Waals surface area contributed by atoms with Crippen molar-refractivity contribution in [3.63, 3.8) is 0 Å². The Kier molecular flexibility index (Phi) is 8.52. The first kappa shape index (κ1) is 25.4. The monoisotopic (exact) mass is 542 g/mol. The summed E-state index contributed by atoms with van der Waals surface area (Å²) >= 11 is 3.39. The highest BCUT2D eigenvalue weighted by molar-refractivity contribution is 9.10. The van der Waals surface area contributed by atoms with E-state index in [0.717, 1.165) is 0 Å². The van der Waals surface area contributed by atoms with Gasteiger partial charge in [0.2, 0.25) is 5.91 Å². The van der Waals surface area contributed by atoms with Crippen molar-refractivity contribution in [3.8, 4) is 11.5 Å². The SMILES string of the molecule is COc1cc(/C=N/NC(=O)C(=O)Nc2ccc(C(N)=O)cc2)cc(Br)c1OCc1ccccc1F. The first-order valence-corrected chi connectivity index (χ1v) is 10.9. The number of hydrazone groups is 1. The van der Waals surface area contributed by atoms with Crippen LogP contribution in [0.15, 0.2) is 70.2 Å². The number of hydrogen-bond acceptors (Lipinski definition) is 6. The number of ether oxygens (including phenoxy) is 2. The van der Waals surface area contributed by atoms with Gasteiger partial charge in [0.15, 0.2) is 11.5 Å². The van der Waals surface area contributed by atoms with Crippen LogP contribution < -0.4 is 25.9 Å². The molecule has 0 spiro atoms. The number of carbonyl (C=O) groups excluding carboxylic acids is 3. The third-order valence-electron chi connectivity index (χ3n) is 4.59. The molecular formula is C24H20BrFN4O5. The standard InChI is InChI=1S/C24H20BrFN4O5/c1-34-20-11-14(10-18(25)21(20)35-13-16-4-2-3-5-19(16)26)12-28-30-24(33)23(32)29-17-8-6-15(7-9-17)22(27)31/h2-12H,13H2,1H3,(H2,27,31)(H,29,32)(H,30,33)/b28-12+. The molecule has 9 nitrogen and oxygen atoms in total. The molecule has 0 aliphatic carbocycles. The summed E-state index contributed by atoms with van der Waals surface area (Å²) in [5, 5.41) is 6.15. The normalized spacial score (nSPS) is 10.6. The van der Waals surface area contributed by atoms with E-state index < -0.39 is 17.7 Å². The van der Waals surface area contributed by atoms with Crippen molar-refractivity contribution in [1.82, 2.24) is 5.43 Å². The van der Waals surface area contributed by atoms with Crippen molar-refractivity contribution in [2.24, 2.45) is 10.8 Å². The summed E-state index contributed by atoms with van der Waals surface area (Å²) in [6.07, 6.45) is 1.31. The van der Waals surface area contributed by atoms with E-state index >= 15 is 0 Å². The number of amides is 3. The number of rotatable bonds is 8. The van der Waals surface area contributed by atoms with Crippen LogP contribution in [0.2, 0.25) is 0 Å². The van der Waals surface area contributed by atoms with Gasteiger partial charge in [-0.05, 0) is 64.0 Å². The Bertz CT molecular complexity index is 1280. The molecule has 0 radical (unpaired) electrons. The number of hydrogen-bond donors (Lipinski definition) is 3. The molecule has 35 heavy (non-hydrogen) atoms. The third-order valence-corrected chi connectivity index (χ3v) is 5.18. The minimum Gasteiger partial charge on any atom is -0.493 e. The Labute approximate surface area is 208 Å². The molecule has 3 rings (SSSR count). The number of nitrogens with one attached hydrogen (secondary N) is 2. The highest BCUT2D eigenvalue weighted by Gasteiger charge is 2.15. The van der Waals surface area contributed by atoms with E-state index in [0.29, 0.717) is 32.8 Å². The topological polar surface area (TPSA) is 132 Å². The second-order valence-electron chi connectivity index (χ2n) is 7.01. The van der Waals surface area contributed by atoms with Gasteiger partial charge < -0.3 is 20.5 Å². The van der Waals surface area contributed by atoms with E-state index in [1.807, 2.05) is 0 Å². The fraction of sp³-hybridized carbons (Fsp3) is 0.0833. The predicted molar refractivity (Wildman–Crippen MR) is 131 cm³/mol. The minimum atomic E-state index is -1.00. The summed E-state index contributed by atoms with van der Waals surface area (Å²) in [4.78, 5) is 35.1. The van der Waals surface area contributed by atoms with Crippen LogP contribution in [0.5, 0.6) is 11.5 Å². The molecule has 0 heterocycles. The number of primary amides is 1. The molecule has 0 bridgehead atoms. The number of nitrogens with two attached hydrogens (primary N) is 1. The van der Waals surface area contributed by atoms with Gasteiger partial charge in [-0.3, -0.25) is 14.4 Å². The fourth-order valence-electron chi connectivity index (χ4n) is 2.84. The number of carbonyl (C=O) groups is 3. The molecule has 0 saturated carbocycles. The van der Waals surface area contributed by atoms with E-state index in [4.69, 9.17) is 15.2 Å². The van der Waals surface area contributed by atoms with Crippen molar-refractivity contribution < 1.29 is 28.2 Å². The number of benzene rings is 3. The van der Waals surface area contributed by atoms with E-state index in [-0.39, 0.29) is 18.0 Å². The van der Waals surface area contributed by atoms with Gasteiger partial charge in [-0.2, -0.15) is 5.10 Å². The van der Waals surface area contributed by atoms with E-state index in [1.165, 1.54) is 43.7 Å². The van der Waals surface area contributed by atoms with Crippen molar-refractivity contribution in [2.75, 3.05) is 12.4 Å². The molecule has 0 fully saturated rings. The summed E-state index contributed by atoms with van der Waals surface area (Å²) in [6.45, 7) is -0.00844. The van der Waals surface area contributed by atoms with Crippen molar-refractivity contribution in [1.29, 1.82) is 0 Å². The van der Waals surface area contributed by atoms with Gasteiger partial charge in [-0.25, -0.2) is 9.82 Å². The van der Waals surface area contributed by atoms with Gasteiger partial charge in [-0.1, -0.05) is 18.2 Å². The molecule has 0 atom stereocenters. The molecule has 3 aromatic rings. The lowest BCUT2D eigenvalue weighted by atomic mass is 10.2. The number of anilines is 1. The van der Waals surface area contributed by atoms with Crippen molar-refractivity contribution >= 4 is 45.6 Å². The summed E-state index contributed by atoms with van der Waals surface area (Å²) < 4.78 is 25.4. The molecular weight excluding hydrogens is 523 g/mol. The highest BCUT2D eigenvalue weighted by Crippen LogP contribution is 2.37. The average Bonchev–Trinajstić information content (AvgIpc) is 2.84. The quantitative estimate of drug-likeness (QED) is 0.228. The zero-order valence-corrected chi connectivity index (χ0v) is 20.0. The van der Waals surface area contributed by atoms with Crippen LogP contribution in [0.25, 0.3) is 0 Å². The largest absolute Gasteiger partial charge is 0.493 e. The van der Waals surface area contributed by atoms with Crippen LogP contribution in [-0.2, 0) is 16.2 Å². The molecule has 3 amide bonds.